The Kier molecular flexibility index (Phi) is 5.16. The Morgan fingerprint density at radius 3 is 2.50 bits per heavy atom. The third-order valence-electron chi connectivity index (χ3n) is 3.26. The summed E-state index contributed by atoms with van der Waals surface area (Å²) < 4.78 is 1.27. The molecule has 20 heavy (non-hydrogen) atoms. The van der Waals surface area contributed by atoms with Gasteiger partial charge in [0.15, 0.2) is 5.69 Å². The minimum absolute atomic E-state index is 0.0959. The molecule has 1 aromatic heterocycles. The first-order chi connectivity index (χ1) is 9.18. The van der Waals surface area contributed by atoms with Gasteiger partial charge in [0.05, 0.1) is 7.05 Å². The van der Waals surface area contributed by atoms with Crippen LogP contribution in [0.2, 0.25) is 0 Å². The van der Waals surface area contributed by atoms with Crippen LogP contribution in [0.15, 0.2) is 12.1 Å². The first-order valence-electron chi connectivity index (χ1n) is 6.35. The molecule has 0 fully saturated rings. The van der Waals surface area contributed by atoms with E-state index in [2.05, 4.69) is 5.32 Å². The predicted octanol–water partition coefficient (Wildman–Crippen LogP) is 2.71. The van der Waals surface area contributed by atoms with Crippen LogP contribution in [-0.4, -0.2) is 27.3 Å². The molecule has 0 aliphatic rings. The van der Waals surface area contributed by atoms with E-state index >= 15 is 0 Å². The van der Waals surface area contributed by atoms with Crippen LogP contribution in [0, 0.1) is 15.5 Å². The van der Waals surface area contributed by atoms with Crippen LogP contribution in [0.25, 0.3) is 0 Å². The lowest BCUT2D eigenvalue weighted by Gasteiger charge is -2.30. The van der Waals surface area contributed by atoms with Gasteiger partial charge in [0.1, 0.15) is 0 Å². The van der Waals surface area contributed by atoms with E-state index in [4.69, 9.17) is 11.6 Å². The second-order valence-electron chi connectivity index (χ2n) is 5.76. The molecular formula is C13H20ClN3O3. The minimum Gasteiger partial charge on any atom is -0.358 e. The molecule has 0 bridgehead atoms. The number of carbonyl (C=O) groups is 1. The van der Waals surface area contributed by atoms with E-state index in [9.17, 15) is 14.9 Å². The topological polar surface area (TPSA) is 77.2 Å². The summed E-state index contributed by atoms with van der Waals surface area (Å²) >= 11 is 5.76. The molecule has 0 spiro atoms. The van der Waals surface area contributed by atoms with E-state index in [1.807, 2.05) is 20.8 Å². The number of alkyl halides is 1. The molecule has 0 aliphatic heterocycles. The Morgan fingerprint density at radius 1 is 1.50 bits per heavy atom. The number of rotatable bonds is 5. The molecule has 0 aromatic carbocycles. The fourth-order valence-corrected chi connectivity index (χ4v) is 2.19. The molecule has 1 unspecified atom stereocenters. The van der Waals surface area contributed by atoms with Crippen LogP contribution in [0.5, 0.6) is 0 Å². The van der Waals surface area contributed by atoms with Gasteiger partial charge in [0.2, 0.25) is 0 Å². The third-order valence-corrected chi connectivity index (χ3v) is 3.48. The summed E-state index contributed by atoms with van der Waals surface area (Å²) in [5.41, 5.74) is 0.127. The first kappa shape index (κ1) is 16.5. The van der Waals surface area contributed by atoms with E-state index in [1.54, 1.807) is 0 Å². The monoisotopic (exact) mass is 301 g/mol. The highest BCUT2D eigenvalue weighted by molar-refractivity contribution is 6.17. The molecule has 1 N–H and O–H groups in total. The zero-order valence-corrected chi connectivity index (χ0v) is 12.9. The maximum absolute atomic E-state index is 12.2. The van der Waals surface area contributed by atoms with E-state index < -0.39 is 4.92 Å². The van der Waals surface area contributed by atoms with Gasteiger partial charge in [-0.3, -0.25) is 4.79 Å². The van der Waals surface area contributed by atoms with Crippen molar-refractivity contribution in [2.75, 3.05) is 5.88 Å². The summed E-state index contributed by atoms with van der Waals surface area (Å²) in [5, 5.41) is 13.7. The van der Waals surface area contributed by atoms with Crippen LogP contribution < -0.4 is 5.32 Å². The molecule has 0 saturated heterocycles. The lowest BCUT2D eigenvalue weighted by molar-refractivity contribution is -0.391. The van der Waals surface area contributed by atoms with Crippen molar-refractivity contribution >= 4 is 23.3 Å². The van der Waals surface area contributed by atoms with E-state index in [0.717, 1.165) is 0 Å². The lowest BCUT2D eigenvalue weighted by atomic mass is 9.85. The average Bonchev–Trinajstić information content (AvgIpc) is 2.69. The van der Waals surface area contributed by atoms with E-state index in [-0.39, 0.29) is 28.9 Å². The summed E-state index contributed by atoms with van der Waals surface area (Å²) in [6.45, 7) is 6.04. The minimum atomic E-state index is -0.517. The van der Waals surface area contributed by atoms with Gasteiger partial charge in [0.25, 0.3) is 5.91 Å². The number of nitrogens with one attached hydrogen (secondary N) is 1. The highest BCUT2D eigenvalue weighted by Gasteiger charge is 2.28. The average molecular weight is 302 g/mol. The SMILES string of the molecule is Cn1c(C(=O)NC(CCCl)C(C)(C)C)ccc1[N+](=O)[O-]. The second-order valence-corrected chi connectivity index (χ2v) is 6.14. The second kappa shape index (κ2) is 6.26. The van der Waals surface area contributed by atoms with Crippen LogP contribution in [0.1, 0.15) is 37.7 Å². The van der Waals surface area contributed by atoms with Gasteiger partial charge in [-0.1, -0.05) is 20.8 Å². The van der Waals surface area contributed by atoms with Gasteiger partial charge < -0.3 is 15.4 Å². The molecule has 1 heterocycles. The zero-order chi connectivity index (χ0) is 15.5. The highest BCUT2D eigenvalue weighted by Crippen LogP contribution is 2.23. The number of amides is 1. The van der Waals surface area contributed by atoms with Crippen molar-refractivity contribution in [2.45, 2.75) is 33.2 Å². The van der Waals surface area contributed by atoms with Gasteiger partial charge in [-0.25, -0.2) is 4.57 Å². The summed E-state index contributed by atoms with van der Waals surface area (Å²) in [7, 11) is 1.50. The fraction of sp³-hybridized carbons (Fsp3) is 0.615. The molecule has 1 atom stereocenters. The molecule has 1 amide bonds. The largest absolute Gasteiger partial charge is 0.358 e. The molecule has 1 rings (SSSR count). The lowest BCUT2D eigenvalue weighted by Crippen LogP contribution is -2.44. The van der Waals surface area contributed by atoms with Crippen molar-refractivity contribution in [3.8, 4) is 0 Å². The van der Waals surface area contributed by atoms with Crippen LogP contribution in [0.3, 0.4) is 0 Å². The standard InChI is InChI=1S/C13H20ClN3O3/c1-13(2,3)10(7-8-14)15-12(18)9-5-6-11(16(9)4)17(19)20/h5-6,10H,7-8H2,1-4H3,(H,15,18). The maximum atomic E-state index is 12.2. The van der Waals surface area contributed by atoms with Gasteiger partial charge in [-0.15, -0.1) is 11.6 Å². The number of halogens is 1. The highest BCUT2D eigenvalue weighted by atomic mass is 35.5. The van der Waals surface area contributed by atoms with Crippen molar-refractivity contribution in [1.29, 1.82) is 0 Å². The Bertz CT molecular complexity index is 505. The van der Waals surface area contributed by atoms with Crippen molar-refractivity contribution in [3.63, 3.8) is 0 Å². The Labute approximate surface area is 123 Å². The van der Waals surface area contributed by atoms with Crippen molar-refractivity contribution in [3.05, 3.63) is 27.9 Å². The van der Waals surface area contributed by atoms with Crippen LogP contribution in [-0.2, 0) is 7.05 Å². The van der Waals surface area contributed by atoms with Crippen molar-refractivity contribution in [1.82, 2.24) is 9.88 Å². The molecule has 0 aliphatic carbocycles. The number of aromatic nitrogens is 1. The van der Waals surface area contributed by atoms with Crippen LogP contribution in [0.4, 0.5) is 5.82 Å². The van der Waals surface area contributed by atoms with E-state index in [1.165, 1.54) is 23.7 Å². The quantitative estimate of drug-likeness (QED) is 0.516. The maximum Gasteiger partial charge on any atom is 0.323 e. The molecule has 0 radical (unpaired) electrons. The predicted molar refractivity (Wildman–Crippen MR) is 78.1 cm³/mol. The molecule has 0 saturated carbocycles. The van der Waals surface area contributed by atoms with Crippen molar-refractivity contribution < 1.29 is 9.72 Å². The summed E-state index contributed by atoms with van der Waals surface area (Å²) in [5.74, 6) is 0.000578. The number of nitrogens with zero attached hydrogens (tertiary/aromatic N) is 2. The molecule has 6 nitrogen and oxygen atoms in total. The molecule has 7 heteroatoms. The van der Waals surface area contributed by atoms with Crippen LogP contribution >= 0.6 is 11.6 Å². The summed E-state index contributed by atoms with van der Waals surface area (Å²) in [6, 6.07) is 2.68. The number of hydrogen-bond donors (Lipinski definition) is 1. The fourth-order valence-electron chi connectivity index (χ4n) is 1.97. The number of hydrogen-bond acceptors (Lipinski definition) is 3. The Morgan fingerprint density at radius 2 is 2.10 bits per heavy atom. The summed E-state index contributed by atoms with van der Waals surface area (Å²) in [4.78, 5) is 22.5. The normalized spacial score (nSPS) is 13.1. The van der Waals surface area contributed by atoms with E-state index in [0.29, 0.717) is 12.3 Å². The van der Waals surface area contributed by atoms with Gasteiger partial charge in [-0.05, 0) is 22.8 Å². The van der Waals surface area contributed by atoms with Gasteiger partial charge >= 0.3 is 5.82 Å². The van der Waals surface area contributed by atoms with Crippen molar-refractivity contribution in [2.24, 2.45) is 12.5 Å². The summed E-state index contributed by atoms with van der Waals surface area (Å²) in [6.07, 6.45) is 0.642. The molecule has 112 valence electrons. The zero-order valence-electron chi connectivity index (χ0n) is 12.1. The molecular weight excluding hydrogens is 282 g/mol. The Balaban J connectivity index is 2.92. The Hall–Kier alpha value is -1.56. The molecule has 1 aromatic rings. The first-order valence-corrected chi connectivity index (χ1v) is 6.89. The van der Waals surface area contributed by atoms with Gasteiger partial charge in [0, 0.05) is 18.0 Å². The van der Waals surface area contributed by atoms with Gasteiger partial charge in [-0.2, -0.15) is 0 Å². The number of carbonyl (C=O) groups excluding carboxylic acids is 1. The number of nitro groups is 1. The smallest absolute Gasteiger partial charge is 0.323 e. The third kappa shape index (κ3) is 3.72.